The molecule has 0 spiro atoms. The van der Waals surface area contributed by atoms with Crippen molar-refractivity contribution in [3.63, 3.8) is 0 Å². The molecule has 0 fully saturated rings. The first kappa shape index (κ1) is 23.8. The van der Waals surface area contributed by atoms with Crippen LogP contribution in [0.2, 0.25) is 0 Å². The standard InChI is InChI=1S/C29H30F2N2O/c1-2-3-4-5-6-17-34-26-19-32-29(33-20-26)24-13-16-27-23(18-24)12-11-22(28(27)31)10-7-21-8-14-25(30)15-9-21/h8-9,11-16,18-20H,2-7,10,17H2,1H3. The summed E-state index contributed by atoms with van der Waals surface area (Å²) in [5.41, 5.74) is 2.46. The van der Waals surface area contributed by atoms with E-state index in [1.54, 1.807) is 30.6 Å². The van der Waals surface area contributed by atoms with E-state index in [4.69, 9.17) is 4.74 Å². The highest BCUT2D eigenvalue weighted by Crippen LogP contribution is 2.27. The predicted octanol–water partition coefficient (Wildman–Crippen LogP) is 7.71. The number of aryl methyl sites for hydroxylation is 2. The van der Waals surface area contributed by atoms with Gasteiger partial charge >= 0.3 is 0 Å². The second-order valence-corrected chi connectivity index (χ2v) is 8.61. The molecule has 0 N–H and O–H groups in total. The van der Waals surface area contributed by atoms with E-state index in [9.17, 15) is 4.39 Å². The third-order valence-electron chi connectivity index (χ3n) is 6.03. The Morgan fingerprint density at radius 3 is 2.32 bits per heavy atom. The number of hydrogen-bond donors (Lipinski definition) is 0. The normalized spacial score (nSPS) is 11.1. The Labute approximate surface area is 199 Å². The maximum absolute atomic E-state index is 15.1. The monoisotopic (exact) mass is 460 g/mol. The van der Waals surface area contributed by atoms with Crippen molar-refractivity contribution < 1.29 is 13.5 Å². The predicted molar refractivity (Wildman–Crippen MR) is 133 cm³/mol. The van der Waals surface area contributed by atoms with Crippen LogP contribution in [-0.2, 0) is 12.8 Å². The Morgan fingerprint density at radius 1 is 0.794 bits per heavy atom. The molecule has 4 aromatic rings. The van der Waals surface area contributed by atoms with Crippen LogP contribution >= 0.6 is 0 Å². The number of ether oxygens (including phenoxy) is 1. The zero-order chi connectivity index (χ0) is 23.8. The molecule has 0 radical (unpaired) electrons. The molecule has 0 saturated heterocycles. The molecular weight excluding hydrogens is 430 g/mol. The van der Waals surface area contributed by atoms with Crippen LogP contribution in [0, 0.1) is 11.6 Å². The van der Waals surface area contributed by atoms with Gasteiger partial charge in [0.25, 0.3) is 0 Å². The van der Waals surface area contributed by atoms with E-state index in [0.717, 1.165) is 22.9 Å². The number of rotatable bonds is 11. The topological polar surface area (TPSA) is 35.0 Å². The van der Waals surface area contributed by atoms with Crippen LogP contribution in [-0.4, -0.2) is 16.6 Å². The van der Waals surface area contributed by atoms with E-state index >= 15 is 4.39 Å². The Hall–Kier alpha value is -3.34. The number of aromatic nitrogens is 2. The number of benzene rings is 3. The van der Waals surface area contributed by atoms with E-state index < -0.39 is 0 Å². The van der Waals surface area contributed by atoms with Crippen molar-refractivity contribution in [3.05, 3.63) is 89.8 Å². The maximum Gasteiger partial charge on any atom is 0.159 e. The molecule has 5 heteroatoms. The second-order valence-electron chi connectivity index (χ2n) is 8.61. The maximum atomic E-state index is 15.1. The summed E-state index contributed by atoms with van der Waals surface area (Å²) in [5, 5.41) is 1.37. The number of nitrogens with zero attached hydrogens (tertiary/aromatic N) is 2. The van der Waals surface area contributed by atoms with Crippen LogP contribution in [0.5, 0.6) is 5.75 Å². The highest BCUT2D eigenvalue weighted by Gasteiger charge is 2.10. The minimum Gasteiger partial charge on any atom is -0.490 e. The van der Waals surface area contributed by atoms with Gasteiger partial charge < -0.3 is 4.74 Å². The molecule has 4 rings (SSSR count). The highest BCUT2D eigenvalue weighted by molar-refractivity contribution is 5.87. The van der Waals surface area contributed by atoms with Crippen molar-refractivity contribution in [2.45, 2.75) is 51.9 Å². The molecule has 0 aliphatic carbocycles. The van der Waals surface area contributed by atoms with Gasteiger partial charge in [0.05, 0.1) is 19.0 Å². The summed E-state index contributed by atoms with van der Waals surface area (Å²) < 4.78 is 34.0. The lowest BCUT2D eigenvalue weighted by molar-refractivity contribution is 0.302. The van der Waals surface area contributed by atoms with Gasteiger partial charge in [-0.25, -0.2) is 18.7 Å². The summed E-state index contributed by atoms with van der Waals surface area (Å²) in [6.45, 7) is 2.88. The van der Waals surface area contributed by atoms with E-state index in [2.05, 4.69) is 16.9 Å². The molecule has 1 aromatic heterocycles. The average molecular weight is 461 g/mol. The van der Waals surface area contributed by atoms with Gasteiger partial charge in [0.1, 0.15) is 11.6 Å². The number of hydrogen-bond acceptors (Lipinski definition) is 3. The lowest BCUT2D eigenvalue weighted by Gasteiger charge is -2.09. The van der Waals surface area contributed by atoms with E-state index in [0.29, 0.717) is 42.0 Å². The van der Waals surface area contributed by atoms with Crippen LogP contribution < -0.4 is 4.74 Å². The fourth-order valence-corrected chi connectivity index (χ4v) is 4.03. The molecule has 34 heavy (non-hydrogen) atoms. The smallest absolute Gasteiger partial charge is 0.159 e. The molecule has 0 aliphatic heterocycles. The van der Waals surface area contributed by atoms with Crippen LogP contribution in [0.3, 0.4) is 0 Å². The summed E-state index contributed by atoms with van der Waals surface area (Å²) >= 11 is 0. The molecule has 1 heterocycles. The van der Waals surface area contributed by atoms with Crippen molar-refractivity contribution in [2.24, 2.45) is 0 Å². The van der Waals surface area contributed by atoms with Gasteiger partial charge in [-0.1, -0.05) is 69.0 Å². The first-order valence-electron chi connectivity index (χ1n) is 12.0. The van der Waals surface area contributed by atoms with Gasteiger partial charge in [0.2, 0.25) is 0 Å². The third kappa shape index (κ3) is 6.16. The number of fused-ring (bicyclic) bond motifs is 1. The minimum atomic E-state index is -0.264. The fraction of sp³-hybridized carbons (Fsp3) is 0.310. The summed E-state index contributed by atoms with van der Waals surface area (Å²) in [6.07, 6.45) is 10.5. The zero-order valence-corrected chi connectivity index (χ0v) is 19.6. The fourth-order valence-electron chi connectivity index (χ4n) is 4.03. The molecule has 0 saturated carbocycles. The van der Waals surface area contributed by atoms with Crippen molar-refractivity contribution >= 4 is 10.8 Å². The largest absolute Gasteiger partial charge is 0.490 e. The molecule has 0 amide bonds. The van der Waals surface area contributed by atoms with Gasteiger partial charge in [-0.05, 0) is 54.0 Å². The van der Waals surface area contributed by atoms with Gasteiger partial charge in [-0.2, -0.15) is 0 Å². The summed E-state index contributed by atoms with van der Waals surface area (Å²) in [6, 6.07) is 15.6. The minimum absolute atomic E-state index is 0.213. The van der Waals surface area contributed by atoms with Gasteiger partial charge in [-0.15, -0.1) is 0 Å². The van der Waals surface area contributed by atoms with Gasteiger partial charge in [0, 0.05) is 10.9 Å². The molecular formula is C29H30F2N2O. The molecule has 3 aromatic carbocycles. The van der Waals surface area contributed by atoms with Gasteiger partial charge in [-0.3, -0.25) is 0 Å². The molecule has 0 unspecified atom stereocenters. The van der Waals surface area contributed by atoms with E-state index in [1.807, 2.05) is 24.3 Å². The lowest BCUT2D eigenvalue weighted by Crippen LogP contribution is -1.99. The lowest BCUT2D eigenvalue weighted by atomic mass is 9.99. The zero-order valence-electron chi connectivity index (χ0n) is 19.6. The van der Waals surface area contributed by atoms with Crippen molar-refractivity contribution in [2.75, 3.05) is 6.61 Å². The summed E-state index contributed by atoms with van der Waals surface area (Å²) in [5.74, 6) is 0.769. The number of halogens is 2. The molecule has 0 bridgehead atoms. The van der Waals surface area contributed by atoms with Crippen molar-refractivity contribution in [1.82, 2.24) is 9.97 Å². The van der Waals surface area contributed by atoms with Crippen LogP contribution in [0.15, 0.2) is 67.0 Å². The SMILES string of the molecule is CCCCCCCOc1cnc(-c2ccc3c(F)c(CCc4ccc(F)cc4)ccc3c2)nc1. The van der Waals surface area contributed by atoms with Crippen LogP contribution in [0.25, 0.3) is 22.2 Å². The Balaban J connectivity index is 1.40. The van der Waals surface area contributed by atoms with Crippen LogP contribution in [0.1, 0.15) is 50.2 Å². The average Bonchev–Trinajstić information content (AvgIpc) is 2.87. The van der Waals surface area contributed by atoms with Crippen molar-refractivity contribution in [3.8, 4) is 17.1 Å². The summed E-state index contributed by atoms with van der Waals surface area (Å²) in [7, 11) is 0. The molecule has 0 atom stereocenters. The summed E-state index contributed by atoms with van der Waals surface area (Å²) in [4.78, 5) is 8.87. The highest BCUT2D eigenvalue weighted by atomic mass is 19.1. The Morgan fingerprint density at radius 2 is 1.56 bits per heavy atom. The van der Waals surface area contributed by atoms with Crippen LogP contribution in [0.4, 0.5) is 8.78 Å². The van der Waals surface area contributed by atoms with E-state index in [-0.39, 0.29) is 11.6 Å². The van der Waals surface area contributed by atoms with Gasteiger partial charge in [0.15, 0.2) is 11.6 Å². The molecule has 3 nitrogen and oxygen atoms in total. The second kappa shape index (κ2) is 11.7. The first-order chi connectivity index (χ1) is 16.6. The third-order valence-corrected chi connectivity index (χ3v) is 6.03. The molecule has 0 aliphatic rings. The Kier molecular flexibility index (Phi) is 8.18. The first-order valence-corrected chi connectivity index (χ1v) is 12.0. The Bertz CT molecular complexity index is 1210. The van der Waals surface area contributed by atoms with Crippen molar-refractivity contribution in [1.29, 1.82) is 0 Å². The van der Waals surface area contributed by atoms with E-state index in [1.165, 1.54) is 37.8 Å². The number of unbranched alkanes of at least 4 members (excludes halogenated alkanes) is 4. The molecule has 176 valence electrons. The quantitative estimate of drug-likeness (QED) is 0.215.